The third kappa shape index (κ3) is 6.34. The summed E-state index contributed by atoms with van der Waals surface area (Å²) in [7, 11) is 0. The van der Waals surface area contributed by atoms with Crippen LogP contribution in [0.5, 0.6) is 0 Å². The van der Waals surface area contributed by atoms with Gasteiger partial charge in [0.1, 0.15) is 12.6 Å². The van der Waals surface area contributed by atoms with Crippen LogP contribution in [-0.2, 0) is 27.4 Å². The van der Waals surface area contributed by atoms with E-state index in [2.05, 4.69) is 15.4 Å². The van der Waals surface area contributed by atoms with Gasteiger partial charge in [-0.25, -0.2) is 14.3 Å². The Morgan fingerprint density at radius 1 is 1.14 bits per heavy atom. The number of aliphatic carboxylic acids is 1. The molecule has 42 heavy (non-hydrogen) atoms. The lowest BCUT2D eigenvalue weighted by Gasteiger charge is -2.25. The first-order chi connectivity index (χ1) is 20.0. The summed E-state index contributed by atoms with van der Waals surface area (Å²) in [4.78, 5) is 42.1. The Labute approximate surface area is 239 Å². The predicted octanol–water partition coefficient (Wildman–Crippen LogP) is 4.73. The number of hydrogen-bond donors (Lipinski definition) is 3. The minimum absolute atomic E-state index is 0.0953. The average Bonchev–Trinajstić information content (AvgIpc) is 3.41. The van der Waals surface area contributed by atoms with E-state index >= 15 is 0 Å². The van der Waals surface area contributed by atoms with Gasteiger partial charge in [-0.05, 0) is 42.4 Å². The van der Waals surface area contributed by atoms with Gasteiger partial charge >= 0.3 is 18.2 Å². The number of amides is 2. The van der Waals surface area contributed by atoms with E-state index in [1.165, 1.54) is 16.8 Å². The maximum atomic E-state index is 13.3. The molecule has 3 atom stereocenters. The SMILES string of the molecule is O=C(NC(c1cn2ncc(CC3(C(=O)O)C[C@@H](C(F)(F)F)NC3=O)cc2n1)C1CCCCCC1)OCc1ccccc1. The zero-order valence-corrected chi connectivity index (χ0v) is 22.8. The first kappa shape index (κ1) is 29.3. The second kappa shape index (κ2) is 12.0. The Balaban J connectivity index is 1.38. The van der Waals surface area contributed by atoms with Gasteiger partial charge in [-0.3, -0.25) is 9.59 Å². The number of hydrogen-bond acceptors (Lipinski definition) is 6. The van der Waals surface area contributed by atoms with Gasteiger partial charge in [0, 0.05) is 6.42 Å². The van der Waals surface area contributed by atoms with E-state index in [4.69, 9.17) is 4.74 Å². The quantitative estimate of drug-likeness (QED) is 0.256. The van der Waals surface area contributed by atoms with Gasteiger partial charge in [-0.2, -0.15) is 18.3 Å². The van der Waals surface area contributed by atoms with Crippen molar-refractivity contribution < 1.29 is 37.4 Å². The molecule has 2 fully saturated rings. The molecular weight excluding hydrogens is 555 g/mol. The lowest BCUT2D eigenvalue weighted by molar-refractivity contribution is -0.157. The molecule has 2 unspecified atom stereocenters. The number of benzene rings is 1. The number of alkyl halides is 3. The molecule has 13 heteroatoms. The van der Waals surface area contributed by atoms with Crippen LogP contribution in [0, 0.1) is 11.3 Å². The van der Waals surface area contributed by atoms with Crippen LogP contribution in [0.1, 0.15) is 67.8 Å². The molecule has 224 valence electrons. The van der Waals surface area contributed by atoms with E-state index in [0.717, 1.165) is 44.1 Å². The average molecular weight is 588 g/mol. The predicted molar refractivity (Wildman–Crippen MR) is 143 cm³/mol. The maximum Gasteiger partial charge on any atom is 0.408 e. The summed E-state index contributed by atoms with van der Waals surface area (Å²) in [5.74, 6) is -2.73. The third-order valence-electron chi connectivity index (χ3n) is 8.17. The number of carbonyl (C=O) groups is 3. The number of halogens is 3. The van der Waals surface area contributed by atoms with Gasteiger partial charge in [0.05, 0.1) is 24.1 Å². The van der Waals surface area contributed by atoms with Crippen LogP contribution in [0.15, 0.2) is 48.8 Å². The molecule has 0 bridgehead atoms. The second-order valence-corrected chi connectivity index (χ2v) is 11.1. The van der Waals surface area contributed by atoms with Crippen molar-refractivity contribution in [3.8, 4) is 0 Å². The number of rotatable bonds is 8. The number of fused-ring (bicyclic) bond motifs is 1. The van der Waals surface area contributed by atoms with Crippen molar-refractivity contribution in [2.75, 3.05) is 0 Å². The van der Waals surface area contributed by atoms with E-state index in [1.807, 2.05) is 30.3 Å². The molecule has 10 nitrogen and oxygen atoms in total. The Morgan fingerprint density at radius 2 is 1.86 bits per heavy atom. The minimum Gasteiger partial charge on any atom is -0.480 e. The Morgan fingerprint density at radius 3 is 2.50 bits per heavy atom. The van der Waals surface area contributed by atoms with Crippen molar-refractivity contribution in [1.82, 2.24) is 25.2 Å². The fraction of sp³-hybridized carbons (Fsp3) is 0.483. The largest absolute Gasteiger partial charge is 0.480 e. The molecule has 0 spiro atoms. The van der Waals surface area contributed by atoms with Crippen LogP contribution < -0.4 is 10.6 Å². The molecule has 1 aromatic carbocycles. The Bertz CT molecular complexity index is 1440. The van der Waals surface area contributed by atoms with Gasteiger partial charge in [0.15, 0.2) is 11.1 Å². The minimum atomic E-state index is -4.77. The molecule has 1 aliphatic heterocycles. The highest BCUT2D eigenvalue weighted by Crippen LogP contribution is 2.40. The topological polar surface area (TPSA) is 135 Å². The van der Waals surface area contributed by atoms with Crippen molar-refractivity contribution in [3.63, 3.8) is 0 Å². The highest BCUT2D eigenvalue weighted by atomic mass is 19.4. The van der Waals surface area contributed by atoms with Crippen molar-refractivity contribution >= 4 is 23.6 Å². The number of alkyl carbamates (subject to hydrolysis) is 1. The van der Waals surface area contributed by atoms with Gasteiger partial charge in [-0.15, -0.1) is 0 Å². The number of carbonyl (C=O) groups excluding carboxylic acids is 2. The van der Waals surface area contributed by atoms with Crippen LogP contribution in [0.4, 0.5) is 18.0 Å². The lowest BCUT2D eigenvalue weighted by Crippen LogP contribution is -2.41. The van der Waals surface area contributed by atoms with Gasteiger partial charge in [0.25, 0.3) is 0 Å². The summed E-state index contributed by atoms with van der Waals surface area (Å²) in [6.07, 6.45) is 2.21. The highest BCUT2D eigenvalue weighted by Gasteiger charge is 2.59. The Kier molecular flexibility index (Phi) is 8.37. The number of aromatic nitrogens is 3. The first-order valence-electron chi connectivity index (χ1n) is 14.0. The molecule has 5 rings (SSSR count). The van der Waals surface area contributed by atoms with E-state index < -0.39 is 54.5 Å². The molecular formula is C29H32F3N5O5. The van der Waals surface area contributed by atoms with Crippen LogP contribution >= 0.6 is 0 Å². The van der Waals surface area contributed by atoms with Crippen LogP contribution in [-0.4, -0.2) is 49.9 Å². The van der Waals surface area contributed by atoms with Gasteiger partial charge in [-0.1, -0.05) is 56.0 Å². The second-order valence-electron chi connectivity index (χ2n) is 11.1. The normalized spacial score (nSPS) is 22.4. The summed E-state index contributed by atoms with van der Waals surface area (Å²) in [6, 6.07) is 8.08. The van der Waals surface area contributed by atoms with E-state index in [9.17, 15) is 32.7 Å². The van der Waals surface area contributed by atoms with Crippen molar-refractivity contribution in [1.29, 1.82) is 0 Å². The molecule has 3 N–H and O–H groups in total. The summed E-state index contributed by atoms with van der Waals surface area (Å²) < 4.78 is 46.8. The van der Waals surface area contributed by atoms with Crippen molar-refractivity contribution in [2.24, 2.45) is 11.3 Å². The third-order valence-corrected chi connectivity index (χ3v) is 8.17. The van der Waals surface area contributed by atoms with Crippen molar-refractivity contribution in [2.45, 2.75) is 76.2 Å². The first-order valence-corrected chi connectivity index (χ1v) is 14.0. The summed E-state index contributed by atoms with van der Waals surface area (Å²) >= 11 is 0. The number of imidazole rings is 1. The van der Waals surface area contributed by atoms with Crippen LogP contribution in [0.3, 0.4) is 0 Å². The maximum absolute atomic E-state index is 13.3. The summed E-state index contributed by atoms with van der Waals surface area (Å²) in [6.45, 7) is 0.105. The van der Waals surface area contributed by atoms with Gasteiger partial charge < -0.3 is 20.5 Å². The lowest BCUT2D eigenvalue weighted by atomic mass is 9.79. The number of ether oxygens (including phenoxy) is 1. The number of carboxylic acids is 1. The zero-order chi connectivity index (χ0) is 29.9. The fourth-order valence-corrected chi connectivity index (χ4v) is 5.90. The van der Waals surface area contributed by atoms with E-state index in [0.29, 0.717) is 11.3 Å². The Hall–Kier alpha value is -4.16. The van der Waals surface area contributed by atoms with Crippen LogP contribution in [0.2, 0.25) is 0 Å². The monoisotopic (exact) mass is 587 g/mol. The van der Waals surface area contributed by atoms with E-state index in [-0.39, 0.29) is 18.1 Å². The molecule has 2 aromatic heterocycles. The smallest absolute Gasteiger partial charge is 0.408 e. The molecule has 2 aliphatic rings. The number of nitrogens with one attached hydrogen (secondary N) is 2. The highest BCUT2D eigenvalue weighted by molar-refractivity contribution is 6.04. The molecule has 2 amide bonds. The van der Waals surface area contributed by atoms with Crippen molar-refractivity contribution in [3.05, 3.63) is 65.6 Å². The van der Waals surface area contributed by atoms with Crippen LogP contribution in [0.25, 0.3) is 5.65 Å². The number of nitrogens with zero attached hydrogens (tertiary/aromatic N) is 3. The molecule has 1 aliphatic carbocycles. The standard InChI is InChI=1S/C29H32F3N5O5/c30-29(31,32)22-14-28(26(39)40,25(38)35-22)13-19-12-23-34-21(16-37(23)33-15-19)24(20-10-6-1-2-7-11-20)36-27(41)42-17-18-8-4-3-5-9-18/h3-5,8-9,12,15-16,20,22,24H,1-2,6-7,10-11,13-14,17H2,(H,35,38)(H,36,41)(H,39,40)/t22-,24?,28?/m0/s1. The van der Waals surface area contributed by atoms with E-state index in [1.54, 1.807) is 11.5 Å². The fourth-order valence-electron chi connectivity index (χ4n) is 5.90. The van der Waals surface area contributed by atoms with Gasteiger partial charge in [0.2, 0.25) is 5.91 Å². The molecule has 0 radical (unpaired) electrons. The molecule has 3 heterocycles. The number of carboxylic acid groups (broad SMARTS) is 1. The zero-order valence-electron chi connectivity index (χ0n) is 22.8. The molecule has 1 saturated carbocycles. The summed E-state index contributed by atoms with van der Waals surface area (Å²) in [5, 5.41) is 18.9. The molecule has 3 aromatic rings. The molecule has 1 saturated heterocycles. The summed E-state index contributed by atoms with van der Waals surface area (Å²) in [5.41, 5.74) is -0.345.